The first-order chi connectivity index (χ1) is 8.80. The van der Waals surface area contributed by atoms with Gasteiger partial charge in [0.25, 0.3) is 0 Å². The molecule has 1 aromatic carbocycles. The van der Waals surface area contributed by atoms with E-state index in [0.717, 1.165) is 24.8 Å². The van der Waals surface area contributed by atoms with Gasteiger partial charge in [0, 0.05) is 12.1 Å². The summed E-state index contributed by atoms with van der Waals surface area (Å²) in [7, 11) is 0. The predicted octanol–water partition coefficient (Wildman–Crippen LogP) is 3.49. The van der Waals surface area contributed by atoms with Gasteiger partial charge in [-0.1, -0.05) is 12.1 Å². The molecule has 1 rings (SSSR count). The summed E-state index contributed by atoms with van der Waals surface area (Å²) >= 11 is 0. The molecule has 0 aliphatic carbocycles. The predicted molar refractivity (Wildman–Crippen MR) is 75.5 cm³/mol. The highest BCUT2D eigenvalue weighted by molar-refractivity contribution is 5.65. The minimum absolute atomic E-state index is 0.272. The van der Waals surface area contributed by atoms with E-state index in [1.54, 1.807) is 12.1 Å². The molecule has 1 amide bonds. The summed E-state index contributed by atoms with van der Waals surface area (Å²) < 4.78 is 0. The number of carboxylic acid groups (broad SMARTS) is 1. The molecule has 0 heterocycles. The first-order valence-corrected chi connectivity index (χ1v) is 6.59. The van der Waals surface area contributed by atoms with Gasteiger partial charge in [-0.05, 0) is 57.7 Å². The van der Waals surface area contributed by atoms with Gasteiger partial charge in [-0.3, -0.25) is 0 Å². The Morgan fingerprint density at radius 2 is 1.74 bits per heavy atom. The van der Waals surface area contributed by atoms with Crippen LogP contribution in [0, 0.1) is 0 Å². The van der Waals surface area contributed by atoms with Gasteiger partial charge in [-0.15, -0.1) is 0 Å². The van der Waals surface area contributed by atoms with E-state index in [-0.39, 0.29) is 11.3 Å². The number of benzene rings is 1. The first-order valence-electron chi connectivity index (χ1n) is 6.59. The topological polar surface area (TPSA) is 60.8 Å². The third kappa shape index (κ3) is 5.20. The average molecular weight is 265 g/mol. The van der Waals surface area contributed by atoms with Crippen molar-refractivity contribution >= 4 is 6.09 Å². The van der Waals surface area contributed by atoms with E-state index in [0.29, 0.717) is 6.54 Å². The van der Waals surface area contributed by atoms with Crippen molar-refractivity contribution in [3.05, 3.63) is 29.8 Å². The zero-order chi connectivity index (χ0) is 14.5. The van der Waals surface area contributed by atoms with Gasteiger partial charge in [0.05, 0.1) is 0 Å². The zero-order valence-corrected chi connectivity index (χ0v) is 11.9. The fourth-order valence-electron chi connectivity index (χ4n) is 1.98. The maximum atomic E-state index is 11.1. The maximum absolute atomic E-state index is 11.1. The van der Waals surface area contributed by atoms with E-state index in [4.69, 9.17) is 5.11 Å². The molecule has 106 valence electrons. The molecule has 0 saturated heterocycles. The monoisotopic (exact) mass is 265 g/mol. The summed E-state index contributed by atoms with van der Waals surface area (Å²) in [6.45, 7) is 6.26. The van der Waals surface area contributed by atoms with Crippen LogP contribution in [0.15, 0.2) is 24.3 Å². The second-order valence-corrected chi connectivity index (χ2v) is 5.73. The smallest absolute Gasteiger partial charge is 0.407 e. The van der Waals surface area contributed by atoms with Gasteiger partial charge in [-0.25, -0.2) is 4.79 Å². The molecular weight excluding hydrogens is 242 g/mol. The van der Waals surface area contributed by atoms with E-state index < -0.39 is 6.09 Å². The molecular formula is C15H23NO3. The molecule has 4 heteroatoms. The Morgan fingerprint density at radius 3 is 2.21 bits per heavy atom. The number of carbonyl (C=O) groups is 1. The number of unbranched alkanes of at least 4 members (excludes halogenated alkanes) is 1. The van der Waals surface area contributed by atoms with Gasteiger partial charge >= 0.3 is 6.09 Å². The number of nitrogens with zero attached hydrogens (tertiary/aromatic N) is 1. The van der Waals surface area contributed by atoms with Crippen LogP contribution in [0.2, 0.25) is 0 Å². The van der Waals surface area contributed by atoms with Crippen molar-refractivity contribution in [1.29, 1.82) is 0 Å². The van der Waals surface area contributed by atoms with Crippen LogP contribution < -0.4 is 0 Å². The highest BCUT2D eigenvalue weighted by atomic mass is 16.4. The van der Waals surface area contributed by atoms with Crippen molar-refractivity contribution < 1.29 is 15.0 Å². The van der Waals surface area contributed by atoms with Crippen LogP contribution in [0.1, 0.15) is 39.2 Å². The molecule has 2 N–H and O–H groups in total. The Balaban J connectivity index is 2.37. The quantitative estimate of drug-likeness (QED) is 0.801. The highest BCUT2D eigenvalue weighted by Crippen LogP contribution is 2.16. The van der Waals surface area contributed by atoms with E-state index in [9.17, 15) is 9.90 Å². The Hall–Kier alpha value is -1.71. The lowest BCUT2D eigenvalue weighted by Crippen LogP contribution is -2.45. The summed E-state index contributed by atoms with van der Waals surface area (Å²) in [4.78, 5) is 12.6. The molecule has 0 atom stereocenters. The molecule has 0 fully saturated rings. The third-order valence-corrected chi connectivity index (χ3v) is 3.07. The fourth-order valence-corrected chi connectivity index (χ4v) is 1.98. The molecule has 0 unspecified atom stereocenters. The van der Waals surface area contributed by atoms with Gasteiger partial charge in [0.1, 0.15) is 5.75 Å². The second kappa shape index (κ2) is 6.45. The number of phenols is 1. The molecule has 0 aliphatic heterocycles. The number of rotatable bonds is 5. The number of aromatic hydroxyl groups is 1. The molecule has 0 bridgehead atoms. The lowest BCUT2D eigenvalue weighted by molar-refractivity contribution is 0.0991. The van der Waals surface area contributed by atoms with Crippen LogP contribution in [0.5, 0.6) is 5.75 Å². The van der Waals surface area contributed by atoms with Gasteiger partial charge in [-0.2, -0.15) is 0 Å². The Morgan fingerprint density at radius 1 is 1.16 bits per heavy atom. The lowest BCUT2D eigenvalue weighted by atomic mass is 10.0. The normalized spacial score (nSPS) is 11.3. The number of hydrogen-bond acceptors (Lipinski definition) is 2. The molecule has 0 radical (unpaired) electrons. The summed E-state index contributed by atoms with van der Waals surface area (Å²) in [5.74, 6) is 0.272. The molecule has 0 aliphatic rings. The van der Waals surface area contributed by atoms with Crippen molar-refractivity contribution in [2.45, 2.75) is 45.6 Å². The van der Waals surface area contributed by atoms with Crippen LogP contribution >= 0.6 is 0 Å². The summed E-state index contributed by atoms with van der Waals surface area (Å²) in [6, 6.07) is 7.14. The molecule has 4 nitrogen and oxygen atoms in total. The van der Waals surface area contributed by atoms with E-state index >= 15 is 0 Å². The molecule has 0 spiro atoms. The van der Waals surface area contributed by atoms with E-state index in [2.05, 4.69) is 0 Å². The van der Waals surface area contributed by atoms with Gasteiger partial charge in [0.15, 0.2) is 0 Å². The zero-order valence-electron chi connectivity index (χ0n) is 11.9. The molecule has 1 aromatic rings. The minimum Gasteiger partial charge on any atom is -0.508 e. The van der Waals surface area contributed by atoms with Crippen molar-refractivity contribution in [3.63, 3.8) is 0 Å². The lowest BCUT2D eigenvalue weighted by Gasteiger charge is -2.33. The Labute approximate surface area is 114 Å². The van der Waals surface area contributed by atoms with E-state index in [1.165, 1.54) is 4.90 Å². The van der Waals surface area contributed by atoms with Crippen LogP contribution in [-0.4, -0.2) is 33.3 Å². The highest BCUT2D eigenvalue weighted by Gasteiger charge is 2.25. The largest absolute Gasteiger partial charge is 0.508 e. The van der Waals surface area contributed by atoms with Crippen LogP contribution in [0.3, 0.4) is 0 Å². The second-order valence-electron chi connectivity index (χ2n) is 5.73. The summed E-state index contributed by atoms with van der Waals surface area (Å²) in [5, 5.41) is 18.3. The van der Waals surface area contributed by atoms with Crippen molar-refractivity contribution in [3.8, 4) is 5.75 Å². The van der Waals surface area contributed by atoms with Crippen LogP contribution in [-0.2, 0) is 6.42 Å². The van der Waals surface area contributed by atoms with Gasteiger partial charge < -0.3 is 15.1 Å². The number of aryl methyl sites for hydroxylation is 1. The Kier molecular flexibility index (Phi) is 5.21. The standard InChI is InChI=1S/C15H23NO3/c1-15(2,3)16(14(18)19)11-5-4-6-12-7-9-13(17)10-8-12/h7-10,17H,4-6,11H2,1-3H3,(H,18,19). The Bertz CT molecular complexity index is 406. The molecule has 0 saturated carbocycles. The number of amides is 1. The molecule has 0 aromatic heterocycles. The van der Waals surface area contributed by atoms with Crippen molar-refractivity contribution in [2.24, 2.45) is 0 Å². The van der Waals surface area contributed by atoms with Crippen molar-refractivity contribution in [1.82, 2.24) is 4.90 Å². The third-order valence-electron chi connectivity index (χ3n) is 3.07. The van der Waals surface area contributed by atoms with Gasteiger partial charge in [0.2, 0.25) is 0 Å². The summed E-state index contributed by atoms with van der Waals surface area (Å²) in [6.07, 6.45) is 1.81. The maximum Gasteiger partial charge on any atom is 0.407 e. The van der Waals surface area contributed by atoms with Crippen LogP contribution in [0.25, 0.3) is 0 Å². The average Bonchev–Trinajstić information content (AvgIpc) is 2.29. The van der Waals surface area contributed by atoms with Crippen molar-refractivity contribution in [2.75, 3.05) is 6.54 Å². The SMILES string of the molecule is CC(C)(C)N(CCCCc1ccc(O)cc1)C(=O)O. The van der Waals surface area contributed by atoms with E-state index in [1.807, 2.05) is 32.9 Å². The molecule has 19 heavy (non-hydrogen) atoms. The first kappa shape index (κ1) is 15.3. The fraction of sp³-hybridized carbons (Fsp3) is 0.533. The van der Waals surface area contributed by atoms with Crippen LogP contribution in [0.4, 0.5) is 4.79 Å². The number of hydrogen-bond donors (Lipinski definition) is 2. The number of phenolic OH excluding ortho intramolecular Hbond substituents is 1. The summed E-state index contributed by atoms with van der Waals surface area (Å²) in [5.41, 5.74) is 0.806. The minimum atomic E-state index is -0.864.